The van der Waals surface area contributed by atoms with Crippen LogP contribution in [0.1, 0.15) is 32.6 Å². The zero-order valence-electron chi connectivity index (χ0n) is 15.8. The zero-order valence-corrected chi connectivity index (χ0v) is 15.8. The van der Waals surface area contributed by atoms with Crippen LogP contribution < -0.4 is 9.64 Å². The molecule has 142 valence electrons. The quantitative estimate of drug-likeness (QED) is 0.808. The fourth-order valence-corrected chi connectivity index (χ4v) is 4.05. The first-order valence-corrected chi connectivity index (χ1v) is 9.53. The van der Waals surface area contributed by atoms with Crippen molar-refractivity contribution < 1.29 is 14.3 Å². The van der Waals surface area contributed by atoms with Crippen molar-refractivity contribution in [1.29, 1.82) is 0 Å². The number of para-hydroxylation sites is 2. The topological polar surface area (TPSA) is 53.1 Å². The maximum absolute atomic E-state index is 12.7. The molecule has 0 unspecified atom stereocenters. The zero-order chi connectivity index (χ0) is 18.5. The third-order valence-electron chi connectivity index (χ3n) is 5.53. The van der Waals surface area contributed by atoms with Gasteiger partial charge in [-0.1, -0.05) is 25.0 Å². The predicted molar refractivity (Wildman–Crippen MR) is 101 cm³/mol. The van der Waals surface area contributed by atoms with Crippen LogP contribution in [0.15, 0.2) is 24.3 Å². The van der Waals surface area contributed by atoms with Crippen LogP contribution in [0, 0.1) is 0 Å². The van der Waals surface area contributed by atoms with Gasteiger partial charge in [-0.2, -0.15) is 0 Å². The molecule has 1 heterocycles. The van der Waals surface area contributed by atoms with Gasteiger partial charge in [0.2, 0.25) is 11.8 Å². The van der Waals surface area contributed by atoms with Crippen molar-refractivity contribution in [1.82, 2.24) is 9.80 Å². The van der Waals surface area contributed by atoms with Crippen LogP contribution in [-0.2, 0) is 9.59 Å². The highest BCUT2D eigenvalue weighted by Crippen LogP contribution is 2.28. The van der Waals surface area contributed by atoms with E-state index < -0.39 is 0 Å². The molecule has 0 aromatic heterocycles. The van der Waals surface area contributed by atoms with Crippen molar-refractivity contribution >= 4 is 17.5 Å². The lowest BCUT2D eigenvalue weighted by Crippen LogP contribution is -2.52. The number of methoxy groups -OCH3 is 1. The second-order valence-electron chi connectivity index (χ2n) is 7.12. The van der Waals surface area contributed by atoms with E-state index in [0.29, 0.717) is 13.1 Å². The number of carbonyl (C=O) groups is 2. The molecule has 1 aliphatic carbocycles. The van der Waals surface area contributed by atoms with Gasteiger partial charge in [0.15, 0.2) is 0 Å². The third-order valence-corrected chi connectivity index (χ3v) is 5.53. The summed E-state index contributed by atoms with van der Waals surface area (Å²) in [5, 5.41) is 0. The Labute approximate surface area is 155 Å². The number of rotatable bonds is 5. The number of anilines is 1. The summed E-state index contributed by atoms with van der Waals surface area (Å²) in [6.07, 6.45) is 4.35. The molecule has 1 saturated carbocycles. The Morgan fingerprint density at radius 1 is 1.12 bits per heavy atom. The number of piperazine rings is 1. The summed E-state index contributed by atoms with van der Waals surface area (Å²) >= 11 is 0. The van der Waals surface area contributed by atoms with Crippen LogP contribution in [0.3, 0.4) is 0 Å². The van der Waals surface area contributed by atoms with E-state index in [9.17, 15) is 9.59 Å². The molecule has 0 atom stereocenters. The summed E-state index contributed by atoms with van der Waals surface area (Å²) in [5.74, 6) is 0.931. The molecule has 1 aromatic rings. The van der Waals surface area contributed by atoms with E-state index in [0.717, 1.165) is 50.2 Å². The highest BCUT2D eigenvalue weighted by Gasteiger charge is 2.29. The number of hydrogen-bond donors (Lipinski definition) is 0. The fraction of sp³-hybridized carbons (Fsp3) is 0.600. The first-order chi connectivity index (χ1) is 12.6. The summed E-state index contributed by atoms with van der Waals surface area (Å²) in [7, 11) is 1.68. The van der Waals surface area contributed by atoms with Gasteiger partial charge in [0.25, 0.3) is 0 Å². The summed E-state index contributed by atoms with van der Waals surface area (Å²) in [5.41, 5.74) is 1.07. The van der Waals surface area contributed by atoms with Crippen LogP contribution in [0.5, 0.6) is 5.75 Å². The minimum atomic E-state index is 0.0120. The number of ether oxygens (including phenoxy) is 1. The molecule has 1 aromatic carbocycles. The molecule has 3 rings (SSSR count). The smallest absolute Gasteiger partial charge is 0.242 e. The van der Waals surface area contributed by atoms with Crippen molar-refractivity contribution in [2.45, 2.75) is 38.6 Å². The van der Waals surface area contributed by atoms with Gasteiger partial charge in [0, 0.05) is 39.1 Å². The number of amides is 2. The molecular formula is C20H29N3O3. The molecule has 2 amide bonds. The van der Waals surface area contributed by atoms with E-state index in [1.54, 1.807) is 18.9 Å². The van der Waals surface area contributed by atoms with Crippen molar-refractivity contribution in [2.24, 2.45) is 0 Å². The van der Waals surface area contributed by atoms with Gasteiger partial charge in [-0.3, -0.25) is 9.59 Å². The number of carbonyl (C=O) groups excluding carboxylic acids is 2. The van der Waals surface area contributed by atoms with Crippen molar-refractivity contribution in [2.75, 3.05) is 44.7 Å². The van der Waals surface area contributed by atoms with Crippen molar-refractivity contribution in [3.63, 3.8) is 0 Å². The molecule has 0 radical (unpaired) electrons. The Morgan fingerprint density at radius 3 is 2.38 bits per heavy atom. The molecule has 26 heavy (non-hydrogen) atoms. The van der Waals surface area contributed by atoms with E-state index in [1.807, 2.05) is 29.2 Å². The average Bonchev–Trinajstić information content (AvgIpc) is 3.20. The molecule has 6 nitrogen and oxygen atoms in total. The largest absolute Gasteiger partial charge is 0.495 e. The van der Waals surface area contributed by atoms with E-state index in [4.69, 9.17) is 4.74 Å². The van der Waals surface area contributed by atoms with Gasteiger partial charge in [0.1, 0.15) is 5.75 Å². The second-order valence-corrected chi connectivity index (χ2v) is 7.12. The van der Waals surface area contributed by atoms with Gasteiger partial charge in [0.05, 0.1) is 19.3 Å². The van der Waals surface area contributed by atoms with Gasteiger partial charge in [-0.25, -0.2) is 0 Å². The summed E-state index contributed by atoms with van der Waals surface area (Å²) in [6.45, 7) is 4.69. The Balaban J connectivity index is 1.57. The summed E-state index contributed by atoms with van der Waals surface area (Å²) in [6, 6.07) is 8.21. The van der Waals surface area contributed by atoms with Crippen LogP contribution >= 0.6 is 0 Å². The molecule has 1 saturated heterocycles. The van der Waals surface area contributed by atoms with Gasteiger partial charge in [-0.15, -0.1) is 0 Å². The number of hydrogen-bond acceptors (Lipinski definition) is 4. The highest BCUT2D eigenvalue weighted by molar-refractivity contribution is 5.84. The maximum Gasteiger partial charge on any atom is 0.242 e. The average molecular weight is 359 g/mol. The minimum Gasteiger partial charge on any atom is -0.495 e. The van der Waals surface area contributed by atoms with Crippen molar-refractivity contribution in [3.05, 3.63) is 24.3 Å². The van der Waals surface area contributed by atoms with E-state index in [2.05, 4.69) is 4.90 Å². The molecule has 0 bridgehead atoms. The number of benzene rings is 1. The second kappa shape index (κ2) is 8.43. The lowest BCUT2D eigenvalue weighted by Gasteiger charge is -2.38. The van der Waals surface area contributed by atoms with Crippen LogP contribution in [0.4, 0.5) is 5.69 Å². The van der Waals surface area contributed by atoms with E-state index in [1.165, 1.54) is 0 Å². The minimum absolute atomic E-state index is 0.0120. The first-order valence-electron chi connectivity index (χ1n) is 9.53. The Kier molecular flexibility index (Phi) is 6.01. The Bertz CT molecular complexity index is 635. The standard InChI is InChI=1S/C20H29N3O3/c1-16(24)23(17-7-3-4-8-17)15-20(25)22-13-11-21(12-14-22)18-9-5-6-10-19(18)26-2/h5-6,9-10,17H,3-4,7-8,11-15H2,1-2H3. The van der Waals surface area contributed by atoms with Crippen LogP contribution in [-0.4, -0.2) is 67.5 Å². The third kappa shape index (κ3) is 4.11. The maximum atomic E-state index is 12.7. The van der Waals surface area contributed by atoms with E-state index in [-0.39, 0.29) is 24.4 Å². The molecule has 0 spiro atoms. The highest BCUT2D eigenvalue weighted by atomic mass is 16.5. The van der Waals surface area contributed by atoms with Gasteiger partial charge < -0.3 is 19.4 Å². The first kappa shape index (κ1) is 18.5. The van der Waals surface area contributed by atoms with Crippen LogP contribution in [0.2, 0.25) is 0 Å². The SMILES string of the molecule is COc1ccccc1N1CCN(C(=O)CN(C(C)=O)C2CCCC2)CC1. The van der Waals surface area contributed by atoms with Gasteiger partial charge >= 0.3 is 0 Å². The molecule has 2 aliphatic rings. The summed E-state index contributed by atoms with van der Waals surface area (Å²) in [4.78, 5) is 30.6. The lowest BCUT2D eigenvalue weighted by molar-refractivity contribution is -0.141. The molecule has 1 aliphatic heterocycles. The van der Waals surface area contributed by atoms with Crippen molar-refractivity contribution in [3.8, 4) is 5.75 Å². The van der Waals surface area contributed by atoms with Gasteiger partial charge in [-0.05, 0) is 25.0 Å². The summed E-state index contributed by atoms with van der Waals surface area (Å²) < 4.78 is 5.44. The predicted octanol–water partition coefficient (Wildman–Crippen LogP) is 2.13. The lowest BCUT2D eigenvalue weighted by atomic mass is 10.2. The Morgan fingerprint density at radius 2 is 1.77 bits per heavy atom. The number of nitrogens with zero attached hydrogens (tertiary/aromatic N) is 3. The molecule has 0 N–H and O–H groups in total. The molecular weight excluding hydrogens is 330 g/mol. The normalized spacial score (nSPS) is 18.1. The molecule has 6 heteroatoms. The monoisotopic (exact) mass is 359 g/mol. The van der Waals surface area contributed by atoms with Crippen LogP contribution in [0.25, 0.3) is 0 Å². The molecule has 2 fully saturated rings. The fourth-order valence-electron chi connectivity index (χ4n) is 4.05. The van der Waals surface area contributed by atoms with E-state index >= 15 is 0 Å². The Hall–Kier alpha value is -2.24.